The molecule has 1 heterocycles. The zero-order valence-electron chi connectivity index (χ0n) is 12.1. The van der Waals surface area contributed by atoms with E-state index in [1.807, 2.05) is 37.3 Å². The number of nitrogens with one attached hydrogen (secondary N) is 2. The Morgan fingerprint density at radius 3 is 2.90 bits per heavy atom. The Bertz CT molecular complexity index is 643. The fraction of sp³-hybridized carbons (Fsp3) is 0.250. The molecular weight excluding hydrogens is 330 g/mol. The smallest absolute Gasteiger partial charge is 0.251 e. The van der Waals surface area contributed by atoms with E-state index in [9.17, 15) is 4.79 Å². The summed E-state index contributed by atoms with van der Waals surface area (Å²) >= 11 is 3.53. The van der Waals surface area contributed by atoms with Crippen molar-refractivity contribution in [1.29, 1.82) is 0 Å². The maximum absolute atomic E-state index is 11.6. The fourth-order valence-corrected chi connectivity index (χ4v) is 2.41. The predicted molar refractivity (Wildman–Crippen MR) is 88.7 cm³/mol. The summed E-state index contributed by atoms with van der Waals surface area (Å²) in [5.41, 5.74) is 3.81. The van der Waals surface area contributed by atoms with Crippen LogP contribution in [0.2, 0.25) is 0 Å². The van der Waals surface area contributed by atoms with Crippen molar-refractivity contribution in [2.75, 3.05) is 18.9 Å². The highest BCUT2D eigenvalue weighted by Gasteiger charge is 2.05. The SMILES string of the molecule is CNC(=O)c1cccc(CCNc2ccnc(C)c2Br)c1. The lowest BCUT2D eigenvalue weighted by molar-refractivity contribution is 0.0963. The number of aromatic nitrogens is 1. The Labute approximate surface area is 133 Å². The molecule has 0 saturated heterocycles. The summed E-state index contributed by atoms with van der Waals surface area (Å²) in [7, 11) is 1.64. The van der Waals surface area contributed by atoms with Crippen molar-refractivity contribution in [2.24, 2.45) is 0 Å². The maximum atomic E-state index is 11.6. The number of rotatable bonds is 5. The quantitative estimate of drug-likeness (QED) is 0.873. The summed E-state index contributed by atoms with van der Waals surface area (Å²) in [6, 6.07) is 9.62. The molecule has 0 unspecified atom stereocenters. The maximum Gasteiger partial charge on any atom is 0.251 e. The number of hydrogen-bond donors (Lipinski definition) is 2. The van der Waals surface area contributed by atoms with E-state index in [0.29, 0.717) is 5.56 Å². The topological polar surface area (TPSA) is 54.0 Å². The second kappa shape index (κ2) is 7.22. The highest BCUT2D eigenvalue weighted by molar-refractivity contribution is 9.10. The second-order valence-corrected chi connectivity index (χ2v) is 5.51. The number of carbonyl (C=O) groups is 1. The standard InChI is InChI=1S/C16H18BrN3O/c1-11-15(17)14(7-9-19-11)20-8-6-12-4-3-5-13(10-12)16(21)18-2/h3-5,7,9-10H,6,8H2,1-2H3,(H,18,21)(H,19,20). The largest absolute Gasteiger partial charge is 0.384 e. The number of hydrogen-bond acceptors (Lipinski definition) is 3. The van der Waals surface area contributed by atoms with E-state index in [1.165, 1.54) is 0 Å². The summed E-state index contributed by atoms with van der Waals surface area (Å²) in [5, 5.41) is 6.01. The monoisotopic (exact) mass is 347 g/mol. The average molecular weight is 348 g/mol. The van der Waals surface area contributed by atoms with E-state index >= 15 is 0 Å². The van der Waals surface area contributed by atoms with Crippen LogP contribution in [0.25, 0.3) is 0 Å². The lowest BCUT2D eigenvalue weighted by Crippen LogP contribution is -2.18. The van der Waals surface area contributed by atoms with E-state index in [2.05, 4.69) is 31.5 Å². The molecule has 4 nitrogen and oxygen atoms in total. The lowest BCUT2D eigenvalue weighted by Gasteiger charge is -2.10. The van der Waals surface area contributed by atoms with Crippen molar-refractivity contribution in [2.45, 2.75) is 13.3 Å². The van der Waals surface area contributed by atoms with Crippen molar-refractivity contribution in [1.82, 2.24) is 10.3 Å². The van der Waals surface area contributed by atoms with Crippen LogP contribution in [0, 0.1) is 6.92 Å². The first-order valence-electron chi connectivity index (χ1n) is 6.78. The van der Waals surface area contributed by atoms with Crippen LogP contribution in [0.1, 0.15) is 21.6 Å². The molecule has 1 aromatic carbocycles. The van der Waals surface area contributed by atoms with Gasteiger partial charge in [0.05, 0.1) is 15.9 Å². The van der Waals surface area contributed by atoms with Gasteiger partial charge >= 0.3 is 0 Å². The van der Waals surface area contributed by atoms with E-state index in [1.54, 1.807) is 13.2 Å². The summed E-state index contributed by atoms with van der Waals surface area (Å²) in [5.74, 6) is -0.0580. The number of nitrogens with zero attached hydrogens (tertiary/aromatic N) is 1. The number of aryl methyl sites for hydroxylation is 1. The number of carbonyl (C=O) groups excluding carboxylic acids is 1. The van der Waals surface area contributed by atoms with Crippen molar-refractivity contribution >= 4 is 27.5 Å². The molecule has 2 N–H and O–H groups in total. The first kappa shape index (κ1) is 15.5. The highest BCUT2D eigenvalue weighted by Crippen LogP contribution is 2.23. The van der Waals surface area contributed by atoms with Gasteiger partial charge < -0.3 is 10.6 Å². The van der Waals surface area contributed by atoms with Crippen LogP contribution in [0.3, 0.4) is 0 Å². The predicted octanol–water partition coefficient (Wildman–Crippen LogP) is 3.17. The highest BCUT2D eigenvalue weighted by atomic mass is 79.9. The van der Waals surface area contributed by atoms with Crippen LogP contribution >= 0.6 is 15.9 Å². The van der Waals surface area contributed by atoms with Crippen LogP contribution in [0.5, 0.6) is 0 Å². The third-order valence-electron chi connectivity index (χ3n) is 3.21. The van der Waals surface area contributed by atoms with Crippen LogP contribution in [-0.4, -0.2) is 24.5 Å². The van der Waals surface area contributed by atoms with Gasteiger partial charge in [-0.05, 0) is 53.0 Å². The first-order chi connectivity index (χ1) is 10.1. The molecule has 0 aliphatic rings. The van der Waals surface area contributed by atoms with E-state index in [4.69, 9.17) is 0 Å². The van der Waals surface area contributed by atoms with Crippen LogP contribution < -0.4 is 10.6 Å². The second-order valence-electron chi connectivity index (χ2n) is 4.71. The van der Waals surface area contributed by atoms with Crippen LogP contribution in [0.4, 0.5) is 5.69 Å². The number of halogens is 1. The molecule has 2 aromatic rings. The molecule has 0 bridgehead atoms. The van der Waals surface area contributed by atoms with E-state index in [-0.39, 0.29) is 5.91 Å². The molecule has 21 heavy (non-hydrogen) atoms. The van der Waals surface area contributed by atoms with Crippen molar-refractivity contribution in [3.8, 4) is 0 Å². The van der Waals surface area contributed by atoms with Gasteiger partial charge in [0.25, 0.3) is 5.91 Å². The number of pyridine rings is 1. The summed E-state index contributed by atoms with van der Waals surface area (Å²) in [4.78, 5) is 15.8. The molecule has 0 aliphatic heterocycles. The Morgan fingerprint density at radius 2 is 2.14 bits per heavy atom. The average Bonchev–Trinajstić information content (AvgIpc) is 2.51. The van der Waals surface area contributed by atoms with Gasteiger partial charge in [-0.3, -0.25) is 9.78 Å². The zero-order chi connectivity index (χ0) is 15.2. The lowest BCUT2D eigenvalue weighted by atomic mass is 10.1. The molecule has 0 fully saturated rings. The van der Waals surface area contributed by atoms with Crippen LogP contribution in [0.15, 0.2) is 41.0 Å². The van der Waals surface area contributed by atoms with Gasteiger partial charge in [-0.15, -0.1) is 0 Å². The van der Waals surface area contributed by atoms with Crippen LogP contribution in [-0.2, 0) is 6.42 Å². The summed E-state index contributed by atoms with van der Waals surface area (Å²) in [6.07, 6.45) is 2.63. The van der Waals surface area contributed by atoms with E-state index in [0.717, 1.165) is 34.4 Å². The van der Waals surface area contributed by atoms with Gasteiger partial charge in [-0.2, -0.15) is 0 Å². The molecule has 0 radical (unpaired) electrons. The molecule has 0 spiro atoms. The molecule has 1 aromatic heterocycles. The van der Waals surface area contributed by atoms with Crippen molar-refractivity contribution in [3.63, 3.8) is 0 Å². The van der Waals surface area contributed by atoms with Gasteiger partial charge in [0.15, 0.2) is 0 Å². The molecule has 0 aliphatic carbocycles. The van der Waals surface area contributed by atoms with E-state index < -0.39 is 0 Å². The third-order valence-corrected chi connectivity index (χ3v) is 4.21. The van der Waals surface area contributed by atoms with Gasteiger partial charge in [0, 0.05) is 25.4 Å². The van der Waals surface area contributed by atoms with Crippen molar-refractivity contribution < 1.29 is 4.79 Å². The molecule has 110 valence electrons. The Balaban J connectivity index is 1.97. The minimum absolute atomic E-state index is 0.0580. The Morgan fingerprint density at radius 1 is 1.33 bits per heavy atom. The summed E-state index contributed by atoms with van der Waals surface area (Å²) in [6.45, 7) is 2.75. The molecule has 1 amide bonds. The minimum Gasteiger partial charge on any atom is -0.384 e. The molecule has 5 heteroatoms. The molecular formula is C16H18BrN3O. The van der Waals surface area contributed by atoms with Gasteiger partial charge in [-0.1, -0.05) is 12.1 Å². The van der Waals surface area contributed by atoms with Gasteiger partial charge in [0.2, 0.25) is 0 Å². The summed E-state index contributed by atoms with van der Waals surface area (Å²) < 4.78 is 0.990. The Hall–Kier alpha value is -1.88. The minimum atomic E-state index is -0.0580. The first-order valence-corrected chi connectivity index (χ1v) is 7.57. The number of amides is 1. The number of benzene rings is 1. The molecule has 0 saturated carbocycles. The van der Waals surface area contributed by atoms with Gasteiger partial charge in [0.1, 0.15) is 0 Å². The third kappa shape index (κ3) is 4.04. The zero-order valence-corrected chi connectivity index (χ0v) is 13.7. The Kier molecular flexibility index (Phi) is 5.33. The fourth-order valence-electron chi connectivity index (χ4n) is 2.04. The van der Waals surface area contributed by atoms with Gasteiger partial charge in [-0.25, -0.2) is 0 Å². The molecule has 0 atom stereocenters. The van der Waals surface area contributed by atoms with Crippen molar-refractivity contribution in [3.05, 3.63) is 57.8 Å². The normalized spacial score (nSPS) is 10.2. The number of anilines is 1. The molecule has 2 rings (SSSR count).